The summed E-state index contributed by atoms with van der Waals surface area (Å²) in [5.74, 6) is -8.68. The van der Waals surface area contributed by atoms with Gasteiger partial charge in [-0.25, -0.2) is 0 Å². The number of alkyl halides is 7. The Morgan fingerprint density at radius 3 is 1.82 bits per heavy atom. The lowest BCUT2D eigenvalue weighted by molar-refractivity contribution is -0.358. The van der Waals surface area contributed by atoms with Crippen molar-refractivity contribution in [1.82, 2.24) is 0 Å². The number of benzene rings is 1. The van der Waals surface area contributed by atoms with Crippen LogP contribution in [0.4, 0.5) is 30.7 Å². The minimum atomic E-state index is -6.36. The Kier molecular flexibility index (Phi) is 8.61. The fourth-order valence-electron chi connectivity index (χ4n) is 5.27. The van der Waals surface area contributed by atoms with Crippen molar-refractivity contribution in [2.24, 2.45) is 23.7 Å². The summed E-state index contributed by atoms with van der Waals surface area (Å²) in [6, 6.07) is 5.68. The highest BCUT2D eigenvalue weighted by molar-refractivity contribution is 5.50. The van der Waals surface area contributed by atoms with E-state index in [0.29, 0.717) is 5.92 Å². The molecule has 3 rings (SSSR count). The van der Waals surface area contributed by atoms with Crippen LogP contribution in [0.5, 0.6) is 5.75 Å². The zero-order chi connectivity index (χ0) is 25.0. The summed E-state index contributed by atoms with van der Waals surface area (Å²) in [5.41, 5.74) is 0.778. The number of hydrogen-bond donors (Lipinski definition) is 0. The maximum Gasteiger partial charge on any atom is 0.460 e. The van der Waals surface area contributed by atoms with E-state index in [9.17, 15) is 30.7 Å². The number of halogens is 7. The molecule has 0 atom stereocenters. The fourth-order valence-corrected chi connectivity index (χ4v) is 5.27. The molecule has 0 saturated heterocycles. The Morgan fingerprint density at radius 1 is 0.794 bits per heavy atom. The van der Waals surface area contributed by atoms with Crippen LogP contribution >= 0.6 is 0 Å². The van der Waals surface area contributed by atoms with Crippen molar-refractivity contribution in [3.8, 4) is 5.75 Å². The van der Waals surface area contributed by atoms with Crippen molar-refractivity contribution in [2.45, 2.75) is 82.7 Å². The van der Waals surface area contributed by atoms with Gasteiger partial charge in [0.1, 0.15) is 5.75 Å². The average molecular weight is 495 g/mol. The van der Waals surface area contributed by atoms with E-state index in [2.05, 4.69) is 17.7 Å². The molecule has 0 spiro atoms. The van der Waals surface area contributed by atoms with E-state index in [1.54, 1.807) is 12.1 Å². The van der Waals surface area contributed by atoms with E-state index in [1.165, 1.54) is 57.1 Å². The zero-order valence-electron chi connectivity index (χ0n) is 19.4. The van der Waals surface area contributed by atoms with Gasteiger partial charge in [0.15, 0.2) is 6.61 Å². The maximum absolute atomic E-state index is 13.4. The third-order valence-electron chi connectivity index (χ3n) is 7.63. The summed E-state index contributed by atoms with van der Waals surface area (Å²) in [6.45, 7) is 0.208. The average Bonchev–Trinajstić information content (AvgIpc) is 2.82. The molecule has 0 N–H and O–H groups in total. The maximum atomic E-state index is 13.4. The van der Waals surface area contributed by atoms with Gasteiger partial charge in [-0.15, -0.1) is 0 Å². The van der Waals surface area contributed by atoms with E-state index in [0.717, 1.165) is 36.2 Å². The fraction of sp³-hybridized carbons (Fsp3) is 0.692. The molecule has 1 nitrogen and oxygen atoms in total. The second-order valence-electron chi connectivity index (χ2n) is 9.86. The van der Waals surface area contributed by atoms with Gasteiger partial charge < -0.3 is 4.74 Å². The molecule has 0 radical (unpaired) electrons. The molecule has 2 saturated carbocycles. The van der Waals surface area contributed by atoms with Gasteiger partial charge in [0.25, 0.3) is 0 Å². The van der Waals surface area contributed by atoms with Gasteiger partial charge in [-0.2, -0.15) is 30.7 Å². The van der Waals surface area contributed by atoms with E-state index in [4.69, 9.17) is 0 Å². The predicted octanol–water partition coefficient (Wildman–Crippen LogP) is 8.93. The van der Waals surface area contributed by atoms with Gasteiger partial charge in [0.05, 0.1) is 0 Å². The topological polar surface area (TPSA) is 9.23 Å². The van der Waals surface area contributed by atoms with E-state index < -0.39 is 24.6 Å². The largest absolute Gasteiger partial charge is 0.487 e. The van der Waals surface area contributed by atoms with Crippen molar-refractivity contribution >= 4 is 6.08 Å². The van der Waals surface area contributed by atoms with Gasteiger partial charge in [-0.05, 0) is 79.9 Å². The highest BCUT2D eigenvalue weighted by Gasteiger charge is 2.73. The second kappa shape index (κ2) is 10.9. The molecule has 2 aliphatic rings. The monoisotopic (exact) mass is 494 g/mol. The molecular weight excluding hydrogens is 461 g/mol. The summed E-state index contributed by atoms with van der Waals surface area (Å²) < 4.78 is 93.7. The van der Waals surface area contributed by atoms with Crippen molar-refractivity contribution in [2.75, 3.05) is 6.61 Å². The van der Waals surface area contributed by atoms with E-state index in [1.807, 2.05) is 6.08 Å². The summed E-state index contributed by atoms with van der Waals surface area (Å²) in [4.78, 5) is 0. The Hall–Kier alpha value is -1.73. The predicted molar refractivity (Wildman–Crippen MR) is 118 cm³/mol. The van der Waals surface area contributed by atoms with Crippen LogP contribution in [0.3, 0.4) is 0 Å². The molecule has 8 heteroatoms. The third kappa shape index (κ3) is 6.48. The highest BCUT2D eigenvalue weighted by Crippen LogP contribution is 2.46. The van der Waals surface area contributed by atoms with Crippen molar-refractivity contribution < 1.29 is 35.5 Å². The van der Waals surface area contributed by atoms with Crippen LogP contribution in [-0.2, 0) is 0 Å². The van der Waals surface area contributed by atoms with Crippen molar-refractivity contribution in [1.29, 1.82) is 0 Å². The second-order valence-corrected chi connectivity index (χ2v) is 9.86. The SMILES string of the molecule is CCC1CCC(C2CCC(C=Cc3ccc(OCC(F)(F)C(F)(F)C(F)(F)F)cc3)CC2)CC1. The standard InChI is InChI=1S/C26H33F7O/c1-2-18-5-11-21(12-6-18)22-13-7-19(8-14-22)3-4-20-9-15-23(16-10-20)34-17-24(27,28)25(29,30)26(31,32)33/h3-4,9-10,15-16,18-19,21-22H,2,5-8,11-14,17H2,1H3. The number of rotatable bonds is 8. The van der Waals surface area contributed by atoms with Crippen LogP contribution in [0, 0.1) is 23.7 Å². The molecule has 0 bridgehead atoms. The number of ether oxygens (including phenoxy) is 1. The Morgan fingerprint density at radius 2 is 1.32 bits per heavy atom. The minimum Gasteiger partial charge on any atom is -0.487 e. The summed E-state index contributed by atoms with van der Waals surface area (Å²) in [6.07, 6.45) is 9.19. The first-order valence-corrected chi connectivity index (χ1v) is 12.2. The lowest BCUT2D eigenvalue weighted by atomic mass is 9.69. The summed E-state index contributed by atoms with van der Waals surface area (Å²) in [5, 5.41) is 0. The van der Waals surface area contributed by atoms with Crippen molar-refractivity contribution in [3.63, 3.8) is 0 Å². The molecule has 2 aliphatic carbocycles. The number of allylic oxidation sites excluding steroid dienone is 1. The molecule has 2 fully saturated rings. The zero-order valence-corrected chi connectivity index (χ0v) is 19.4. The van der Waals surface area contributed by atoms with Gasteiger partial charge in [-0.1, -0.05) is 50.5 Å². The Bertz CT molecular complexity index is 784. The van der Waals surface area contributed by atoms with Crippen LogP contribution in [-0.4, -0.2) is 24.6 Å². The molecule has 0 unspecified atom stereocenters. The van der Waals surface area contributed by atoms with Gasteiger partial charge >= 0.3 is 18.0 Å². The van der Waals surface area contributed by atoms with Crippen LogP contribution in [0.1, 0.15) is 70.3 Å². The molecule has 0 amide bonds. The van der Waals surface area contributed by atoms with Crippen LogP contribution in [0.25, 0.3) is 6.08 Å². The first-order chi connectivity index (χ1) is 15.9. The molecule has 0 heterocycles. The summed E-state index contributed by atoms with van der Waals surface area (Å²) >= 11 is 0. The molecule has 0 aromatic heterocycles. The smallest absolute Gasteiger partial charge is 0.460 e. The Labute approximate surface area is 196 Å². The molecule has 1 aromatic carbocycles. The van der Waals surface area contributed by atoms with Crippen molar-refractivity contribution in [3.05, 3.63) is 35.9 Å². The Balaban J connectivity index is 1.45. The first kappa shape index (κ1) is 26.9. The van der Waals surface area contributed by atoms with E-state index in [-0.39, 0.29) is 5.75 Å². The molecule has 192 valence electrons. The molecule has 1 aromatic rings. The third-order valence-corrected chi connectivity index (χ3v) is 7.63. The highest BCUT2D eigenvalue weighted by atomic mass is 19.4. The first-order valence-electron chi connectivity index (χ1n) is 12.2. The number of hydrogen-bond acceptors (Lipinski definition) is 1. The minimum absolute atomic E-state index is 0.201. The normalized spacial score (nSPS) is 27.2. The lowest BCUT2D eigenvalue weighted by Crippen LogP contribution is -2.54. The molecular formula is C26H33F7O. The van der Waals surface area contributed by atoms with Crippen LogP contribution in [0.15, 0.2) is 30.3 Å². The molecule has 34 heavy (non-hydrogen) atoms. The van der Waals surface area contributed by atoms with Gasteiger partial charge in [0.2, 0.25) is 0 Å². The van der Waals surface area contributed by atoms with Gasteiger partial charge in [-0.3, -0.25) is 0 Å². The summed E-state index contributed by atoms with van der Waals surface area (Å²) in [7, 11) is 0. The molecule has 0 aliphatic heterocycles. The van der Waals surface area contributed by atoms with Crippen LogP contribution < -0.4 is 4.74 Å². The lowest BCUT2D eigenvalue weighted by Gasteiger charge is -2.37. The van der Waals surface area contributed by atoms with E-state index >= 15 is 0 Å². The quantitative estimate of drug-likeness (QED) is 0.328. The van der Waals surface area contributed by atoms with Gasteiger partial charge in [0, 0.05) is 0 Å². The van der Waals surface area contributed by atoms with Crippen LogP contribution in [0.2, 0.25) is 0 Å².